The van der Waals surface area contributed by atoms with Crippen molar-refractivity contribution in [3.05, 3.63) is 0 Å². The predicted octanol–water partition coefficient (Wildman–Crippen LogP) is 0.398. The van der Waals surface area contributed by atoms with Crippen LogP contribution in [0.3, 0.4) is 0 Å². The highest BCUT2D eigenvalue weighted by molar-refractivity contribution is 5.85. The third-order valence-corrected chi connectivity index (χ3v) is 2.98. The second kappa shape index (κ2) is 8.75. The van der Waals surface area contributed by atoms with Crippen LogP contribution in [0.25, 0.3) is 0 Å². The zero-order valence-corrected chi connectivity index (χ0v) is 10.5. The van der Waals surface area contributed by atoms with E-state index in [0.29, 0.717) is 12.6 Å². The molecule has 16 heavy (non-hydrogen) atoms. The Morgan fingerprint density at radius 2 is 2.25 bits per heavy atom. The number of hydrazine groups is 1. The van der Waals surface area contributed by atoms with Crippen LogP contribution in [0.2, 0.25) is 0 Å². The van der Waals surface area contributed by atoms with Gasteiger partial charge in [0.2, 0.25) is 0 Å². The Bertz CT molecular complexity index is 205. The third kappa shape index (κ3) is 5.12. The quantitative estimate of drug-likeness (QED) is 0.217. The zero-order valence-electron chi connectivity index (χ0n) is 9.70. The monoisotopic (exact) mass is 251 g/mol. The van der Waals surface area contributed by atoms with Crippen LogP contribution in [0, 0.1) is 11.8 Å². The van der Waals surface area contributed by atoms with Crippen LogP contribution in [0.15, 0.2) is 0 Å². The Balaban J connectivity index is 0.00000225. The van der Waals surface area contributed by atoms with E-state index in [0.717, 1.165) is 25.8 Å². The van der Waals surface area contributed by atoms with Gasteiger partial charge in [-0.15, -0.1) is 12.4 Å². The van der Waals surface area contributed by atoms with E-state index in [1.165, 1.54) is 13.5 Å². The Morgan fingerprint density at radius 3 is 2.88 bits per heavy atom. The minimum absolute atomic E-state index is 0. The van der Waals surface area contributed by atoms with Crippen LogP contribution in [-0.4, -0.2) is 26.3 Å². The Kier molecular flexibility index (Phi) is 8.56. The van der Waals surface area contributed by atoms with E-state index in [4.69, 9.17) is 10.6 Å². The molecule has 0 unspecified atom stereocenters. The van der Waals surface area contributed by atoms with Gasteiger partial charge in [0, 0.05) is 0 Å². The van der Waals surface area contributed by atoms with Crippen molar-refractivity contribution in [3.63, 3.8) is 0 Å². The lowest BCUT2D eigenvalue weighted by Crippen LogP contribution is -2.38. The number of hydrogen-bond donors (Lipinski definition) is 3. The van der Waals surface area contributed by atoms with Crippen molar-refractivity contribution >= 4 is 18.4 Å². The molecule has 0 aliphatic heterocycles. The Hall–Kier alpha value is -0.360. The zero-order chi connectivity index (χ0) is 11.1. The van der Waals surface area contributed by atoms with Crippen molar-refractivity contribution < 1.29 is 9.53 Å². The minimum Gasteiger partial charge on any atom is -0.469 e. The molecule has 0 aromatic heterocycles. The first-order chi connectivity index (χ1) is 7.27. The summed E-state index contributed by atoms with van der Waals surface area (Å²) in [6, 6.07) is 0. The molecule has 4 N–H and O–H groups in total. The highest BCUT2D eigenvalue weighted by atomic mass is 35.5. The average Bonchev–Trinajstić information content (AvgIpc) is 2.29. The summed E-state index contributed by atoms with van der Waals surface area (Å²) in [5, 5.41) is 3.19. The maximum absolute atomic E-state index is 11.4. The molecule has 0 radical (unpaired) electrons. The number of esters is 1. The molecule has 96 valence electrons. The van der Waals surface area contributed by atoms with Crippen molar-refractivity contribution in [1.29, 1.82) is 0 Å². The minimum atomic E-state index is -0.0587. The van der Waals surface area contributed by atoms with Crippen molar-refractivity contribution in [2.24, 2.45) is 17.7 Å². The summed E-state index contributed by atoms with van der Waals surface area (Å²) < 4.78 is 4.77. The van der Waals surface area contributed by atoms with E-state index in [2.05, 4.69) is 10.7 Å². The lowest BCUT2D eigenvalue weighted by molar-refractivity contribution is -0.147. The number of rotatable bonds is 5. The summed E-state index contributed by atoms with van der Waals surface area (Å²) in [5.41, 5.74) is 2.55. The van der Waals surface area contributed by atoms with Gasteiger partial charge in [0.05, 0.1) is 19.7 Å². The summed E-state index contributed by atoms with van der Waals surface area (Å²) in [6.45, 7) is 1.52. The summed E-state index contributed by atoms with van der Waals surface area (Å²) in [7, 11) is 1.46. The number of nitrogens with one attached hydrogen (secondary N) is 2. The fourth-order valence-corrected chi connectivity index (χ4v) is 2.21. The number of carbonyl (C=O) groups excluding carboxylic acids is 1. The molecule has 0 saturated heterocycles. The van der Waals surface area contributed by atoms with Crippen LogP contribution in [0.5, 0.6) is 0 Å². The summed E-state index contributed by atoms with van der Waals surface area (Å²) in [6.07, 6.45) is 4.20. The number of halogens is 1. The molecule has 2 atom stereocenters. The maximum atomic E-state index is 11.4. The average molecular weight is 252 g/mol. The third-order valence-electron chi connectivity index (χ3n) is 2.98. The Morgan fingerprint density at radius 1 is 1.50 bits per heavy atom. The van der Waals surface area contributed by atoms with E-state index < -0.39 is 0 Å². The van der Waals surface area contributed by atoms with Gasteiger partial charge in [0.15, 0.2) is 0 Å². The number of ether oxygens (including phenoxy) is 1. The first-order valence-corrected chi connectivity index (χ1v) is 5.50. The van der Waals surface area contributed by atoms with E-state index in [1.807, 2.05) is 0 Å². The highest BCUT2D eigenvalue weighted by Gasteiger charge is 2.27. The second-order valence-corrected chi connectivity index (χ2v) is 4.09. The molecule has 1 rings (SSSR count). The van der Waals surface area contributed by atoms with Gasteiger partial charge in [0.25, 0.3) is 0 Å². The molecule has 1 fully saturated rings. The van der Waals surface area contributed by atoms with Crippen LogP contribution in [0.1, 0.15) is 25.7 Å². The normalized spacial score (nSPS) is 24.6. The fraction of sp³-hybridized carbons (Fsp3) is 0.900. The molecule has 5 nitrogen and oxygen atoms in total. The van der Waals surface area contributed by atoms with Crippen LogP contribution in [-0.2, 0) is 9.53 Å². The molecule has 6 heteroatoms. The van der Waals surface area contributed by atoms with Gasteiger partial charge in [0.1, 0.15) is 0 Å². The van der Waals surface area contributed by atoms with Crippen molar-refractivity contribution in [2.45, 2.75) is 25.7 Å². The first kappa shape index (κ1) is 15.6. The molecule has 0 spiro atoms. The van der Waals surface area contributed by atoms with Gasteiger partial charge >= 0.3 is 5.97 Å². The van der Waals surface area contributed by atoms with Gasteiger partial charge in [-0.2, -0.15) is 0 Å². The fourth-order valence-electron chi connectivity index (χ4n) is 2.21. The SMILES string of the molecule is COC(=O)[C@@H]1CCC[C@H](CNCNN)C1.Cl. The molecule has 0 aromatic carbocycles. The molecule has 1 saturated carbocycles. The van der Waals surface area contributed by atoms with Crippen LogP contribution < -0.4 is 16.6 Å². The van der Waals surface area contributed by atoms with Gasteiger partial charge in [-0.25, -0.2) is 5.43 Å². The van der Waals surface area contributed by atoms with Crippen molar-refractivity contribution in [1.82, 2.24) is 10.7 Å². The van der Waals surface area contributed by atoms with Crippen LogP contribution >= 0.6 is 12.4 Å². The number of nitrogens with two attached hydrogens (primary N) is 1. The lowest BCUT2D eigenvalue weighted by Gasteiger charge is -2.27. The number of hydrogen-bond acceptors (Lipinski definition) is 5. The van der Waals surface area contributed by atoms with Crippen molar-refractivity contribution in [2.75, 3.05) is 20.3 Å². The van der Waals surface area contributed by atoms with E-state index in [-0.39, 0.29) is 24.3 Å². The molecule has 0 aromatic rings. The largest absolute Gasteiger partial charge is 0.469 e. The predicted molar refractivity (Wildman–Crippen MR) is 64.9 cm³/mol. The smallest absolute Gasteiger partial charge is 0.308 e. The lowest BCUT2D eigenvalue weighted by atomic mass is 9.81. The summed E-state index contributed by atoms with van der Waals surface area (Å²) in [5.74, 6) is 5.76. The number of carbonyl (C=O) groups is 1. The molecular weight excluding hydrogens is 230 g/mol. The molecule has 1 aliphatic rings. The van der Waals surface area contributed by atoms with Crippen LogP contribution in [0.4, 0.5) is 0 Å². The molecular formula is C10H22ClN3O2. The van der Waals surface area contributed by atoms with Gasteiger partial charge in [-0.1, -0.05) is 6.42 Å². The van der Waals surface area contributed by atoms with E-state index in [9.17, 15) is 4.79 Å². The first-order valence-electron chi connectivity index (χ1n) is 5.50. The van der Waals surface area contributed by atoms with Gasteiger partial charge < -0.3 is 10.1 Å². The second-order valence-electron chi connectivity index (χ2n) is 4.09. The van der Waals surface area contributed by atoms with E-state index >= 15 is 0 Å². The Labute approximate surface area is 103 Å². The van der Waals surface area contributed by atoms with E-state index in [1.54, 1.807) is 0 Å². The molecule has 0 bridgehead atoms. The number of methoxy groups -OCH3 is 1. The standard InChI is InChI=1S/C10H21N3O2.ClH/c1-15-10(14)9-4-2-3-8(5-9)6-12-7-13-11;/h8-9,12-13H,2-7,11H2,1H3;1H/t8-,9+;/m0./s1. The summed E-state index contributed by atoms with van der Waals surface area (Å²) in [4.78, 5) is 11.4. The highest BCUT2D eigenvalue weighted by Crippen LogP contribution is 2.29. The topological polar surface area (TPSA) is 76.4 Å². The maximum Gasteiger partial charge on any atom is 0.308 e. The molecule has 0 amide bonds. The summed E-state index contributed by atoms with van der Waals surface area (Å²) >= 11 is 0. The molecule has 1 aliphatic carbocycles. The van der Waals surface area contributed by atoms with Gasteiger partial charge in [-0.05, 0) is 31.7 Å². The molecule has 0 heterocycles. The van der Waals surface area contributed by atoms with Gasteiger partial charge in [-0.3, -0.25) is 10.6 Å². The van der Waals surface area contributed by atoms with Crippen molar-refractivity contribution in [3.8, 4) is 0 Å².